The number of aromatic nitrogens is 2. The molecule has 1 aromatic carbocycles. The molecule has 13 heteroatoms. The predicted molar refractivity (Wildman–Crippen MR) is 158 cm³/mol. The molecule has 3 aromatic rings. The summed E-state index contributed by atoms with van der Waals surface area (Å²) in [6, 6.07) is 12.5. The molecule has 0 spiro atoms. The molecule has 210 valence electrons. The topological polar surface area (TPSA) is 151 Å². The molecule has 1 unspecified atom stereocenters. The van der Waals surface area contributed by atoms with Crippen molar-refractivity contribution in [1.82, 2.24) is 10.2 Å². The van der Waals surface area contributed by atoms with Gasteiger partial charge in [0.05, 0.1) is 36.0 Å². The number of methoxy groups -OCH3 is 1. The Hall–Kier alpha value is -3.99. The molecule has 1 aliphatic heterocycles. The lowest BCUT2D eigenvalue weighted by Gasteiger charge is -2.42. The molecule has 0 saturated carbocycles. The van der Waals surface area contributed by atoms with E-state index in [4.69, 9.17) is 5.73 Å². The van der Waals surface area contributed by atoms with Crippen LogP contribution in [0.15, 0.2) is 68.8 Å². The number of ketones is 1. The molecule has 2 aromatic heterocycles. The highest BCUT2D eigenvalue weighted by Gasteiger charge is 2.45. The zero-order chi connectivity index (χ0) is 29.3. The van der Waals surface area contributed by atoms with Gasteiger partial charge in [-0.2, -0.15) is 5.26 Å². The fourth-order valence-corrected chi connectivity index (χ4v) is 7.47. The zero-order valence-corrected chi connectivity index (χ0v) is 24.9. The van der Waals surface area contributed by atoms with E-state index in [1.807, 2.05) is 31.4 Å². The fourth-order valence-electron chi connectivity index (χ4n) is 4.95. The molecule has 1 amide bonds. The van der Waals surface area contributed by atoms with Crippen LogP contribution in [0, 0.1) is 16.7 Å². The van der Waals surface area contributed by atoms with Gasteiger partial charge in [-0.3, -0.25) is 14.5 Å². The molecule has 41 heavy (non-hydrogen) atoms. The maximum atomic E-state index is 13.5. The number of carbonyl (C=O) groups is 3. The number of anilines is 2. The number of thioether (sulfide) groups is 1. The minimum absolute atomic E-state index is 0.00435. The molecule has 0 saturated heterocycles. The van der Waals surface area contributed by atoms with Gasteiger partial charge in [0, 0.05) is 28.3 Å². The van der Waals surface area contributed by atoms with Gasteiger partial charge in [-0.15, -0.1) is 21.5 Å². The van der Waals surface area contributed by atoms with Gasteiger partial charge >= 0.3 is 5.97 Å². The van der Waals surface area contributed by atoms with Gasteiger partial charge in [-0.1, -0.05) is 43.0 Å². The van der Waals surface area contributed by atoms with E-state index in [-0.39, 0.29) is 28.7 Å². The van der Waals surface area contributed by atoms with E-state index >= 15 is 0 Å². The Labute approximate surface area is 248 Å². The molecule has 5 rings (SSSR count). The number of allylic oxidation sites excluding steroid dienone is 3. The summed E-state index contributed by atoms with van der Waals surface area (Å²) >= 11 is 3.93. The number of carbonyl (C=O) groups excluding carboxylic acids is 3. The lowest BCUT2D eigenvalue weighted by Crippen LogP contribution is -2.42. The highest BCUT2D eigenvalue weighted by Crippen LogP contribution is 2.51. The van der Waals surface area contributed by atoms with Crippen LogP contribution in [0.25, 0.3) is 0 Å². The van der Waals surface area contributed by atoms with Crippen LogP contribution in [0.1, 0.15) is 47.8 Å². The number of hydrogen-bond acceptors (Lipinski definition) is 12. The van der Waals surface area contributed by atoms with Crippen LogP contribution in [0.2, 0.25) is 0 Å². The number of ether oxygens (including phenoxy) is 1. The zero-order valence-electron chi connectivity index (χ0n) is 22.5. The summed E-state index contributed by atoms with van der Waals surface area (Å²) in [5.41, 5.74) is 8.90. The first-order valence-electron chi connectivity index (χ1n) is 12.6. The van der Waals surface area contributed by atoms with Crippen molar-refractivity contribution in [3.8, 4) is 6.07 Å². The maximum Gasteiger partial charge on any atom is 0.337 e. The van der Waals surface area contributed by atoms with Crippen LogP contribution < -0.4 is 16.0 Å². The van der Waals surface area contributed by atoms with Gasteiger partial charge < -0.3 is 15.8 Å². The monoisotopic (exact) mass is 606 g/mol. The van der Waals surface area contributed by atoms with Gasteiger partial charge in [-0.05, 0) is 47.5 Å². The van der Waals surface area contributed by atoms with Gasteiger partial charge in [0.25, 0.3) is 0 Å². The second-order valence-corrected chi connectivity index (χ2v) is 13.4. The number of nitriles is 1. The predicted octanol–water partition coefficient (Wildman–Crippen LogP) is 5.06. The molecule has 1 aliphatic carbocycles. The highest BCUT2D eigenvalue weighted by molar-refractivity contribution is 8.01. The van der Waals surface area contributed by atoms with Crippen molar-refractivity contribution in [2.24, 2.45) is 11.1 Å². The largest absolute Gasteiger partial charge is 0.465 e. The average molecular weight is 607 g/mol. The van der Waals surface area contributed by atoms with Crippen LogP contribution in [-0.4, -0.2) is 40.7 Å². The van der Waals surface area contributed by atoms with Crippen LogP contribution in [0.3, 0.4) is 0 Å². The number of rotatable bonds is 7. The van der Waals surface area contributed by atoms with Crippen molar-refractivity contribution in [2.75, 3.05) is 23.1 Å². The number of nitrogens with one attached hydrogen (secondary N) is 1. The number of nitrogens with two attached hydrogens (primary N) is 1. The third-order valence-corrected chi connectivity index (χ3v) is 9.69. The van der Waals surface area contributed by atoms with Crippen LogP contribution >= 0.6 is 34.4 Å². The highest BCUT2D eigenvalue weighted by atomic mass is 32.2. The molecule has 0 fully saturated rings. The molecule has 0 radical (unpaired) electrons. The Balaban J connectivity index is 1.37. The lowest BCUT2D eigenvalue weighted by atomic mass is 9.70. The quantitative estimate of drug-likeness (QED) is 0.276. The summed E-state index contributed by atoms with van der Waals surface area (Å²) in [6.07, 6.45) is 0.951. The minimum atomic E-state index is -0.512. The van der Waals surface area contributed by atoms with Crippen molar-refractivity contribution in [3.63, 3.8) is 0 Å². The molecule has 2 aliphatic rings. The molecule has 3 N–H and O–H groups in total. The molecular formula is C28H26N6O4S3. The standard InChI is InChI=1S/C28H26N6O4S3/c1-28(2)11-18-23(19(35)12-28)22(20-5-4-10-39-20)17(13-29)24(30)34(18)26-32-33-27(41-26)40-14-21(36)31-16-8-6-15(7-9-16)25(37)38-3/h4-10,22H,11-12,14,30H2,1-3H3,(H,31,36). The Kier molecular flexibility index (Phi) is 7.99. The smallest absolute Gasteiger partial charge is 0.337 e. The van der Waals surface area contributed by atoms with Gasteiger partial charge in [0.15, 0.2) is 10.1 Å². The Morgan fingerprint density at radius 3 is 2.66 bits per heavy atom. The second-order valence-electron chi connectivity index (χ2n) is 10.3. The minimum Gasteiger partial charge on any atom is -0.465 e. The first-order valence-corrected chi connectivity index (χ1v) is 15.2. The maximum absolute atomic E-state index is 13.5. The lowest BCUT2D eigenvalue weighted by molar-refractivity contribution is -0.118. The summed E-state index contributed by atoms with van der Waals surface area (Å²) in [5, 5.41) is 23.9. The van der Waals surface area contributed by atoms with Crippen LogP contribution in [0.5, 0.6) is 0 Å². The number of thiophene rings is 1. The van der Waals surface area contributed by atoms with Crippen LogP contribution in [-0.2, 0) is 14.3 Å². The van der Waals surface area contributed by atoms with E-state index in [1.54, 1.807) is 29.2 Å². The van der Waals surface area contributed by atoms with E-state index in [2.05, 4.69) is 26.3 Å². The molecule has 0 bridgehead atoms. The number of benzene rings is 1. The number of esters is 1. The molecule has 1 atom stereocenters. The first-order chi connectivity index (χ1) is 19.6. The average Bonchev–Trinajstić information content (AvgIpc) is 3.63. The van der Waals surface area contributed by atoms with Gasteiger partial charge in [0.1, 0.15) is 5.82 Å². The van der Waals surface area contributed by atoms with E-state index in [0.29, 0.717) is 44.7 Å². The molecule has 3 heterocycles. The Bertz CT molecular complexity index is 1620. The summed E-state index contributed by atoms with van der Waals surface area (Å²) in [7, 11) is 1.31. The summed E-state index contributed by atoms with van der Waals surface area (Å²) < 4.78 is 5.22. The van der Waals surface area contributed by atoms with Crippen molar-refractivity contribution < 1.29 is 19.1 Å². The van der Waals surface area contributed by atoms with Gasteiger partial charge in [-0.25, -0.2) is 4.79 Å². The van der Waals surface area contributed by atoms with Gasteiger partial charge in [0.2, 0.25) is 11.0 Å². The normalized spacial score (nSPS) is 18.1. The van der Waals surface area contributed by atoms with E-state index in [0.717, 1.165) is 10.6 Å². The Morgan fingerprint density at radius 1 is 1.24 bits per heavy atom. The summed E-state index contributed by atoms with van der Waals surface area (Å²) in [6.45, 7) is 4.07. The third kappa shape index (κ3) is 5.76. The van der Waals surface area contributed by atoms with E-state index in [9.17, 15) is 19.6 Å². The fraction of sp³-hybridized carbons (Fsp3) is 0.286. The SMILES string of the molecule is COC(=O)c1ccc(NC(=O)CSc2nnc(N3C(N)=C(C#N)C(c4cccs4)C4=C3CC(C)(C)CC4=O)s2)cc1. The second kappa shape index (κ2) is 11.5. The van der Waals surface area contributed by atoms with E-state index in [1.165, 1.54) is 41.5 Å². The van der Waals surface area contributed by atoms with Crippen molar-refractivity contribution in [1.29, 1.82) is 5.26 Å². The van der Waals surface area contributed by atoms with Crippen molar-refractivity contribution in [3.05, 3.63) is 74.9 Å². The molecular weight excluding hydrogens is 581 g/mol. The Morgan fingerprint density at radius 2 is 2.00 bits per heavy atom. The third-order valence-electron chi connectivity index (χ3n) is 6.71. The number of hydrogen-bond donors (Lipinski definition) is 2. The number of Topliss-reactive ketones (excluding diaryl/α,β-unsaturated/α-hetero) is 1. The number of amides is 1. The number of nitrogens with zero attached hydrogens (tertiary/aromatic N) is 4. The van der Waals surface area contributed by atoms with E-state index < -0.39 is 11.9 Å². The van der Waals surface area contributed by atoms with Crippen molar-refractivity contribution >= 4 is 62.9 Å². The molecule has 10 nitrogen and oxygen atoms in total. The van der Waals surface area contributed by atoms with Crippen molar-refractivity contribution in [2.45, 2.75) is 36.9 Å². The summed E-state index contributed by atoms with van der Waals surface area (Å²) in [5.74, 6) is -0.927. The van der Waals surface area contributed by atoms with Crippen LogP contribution in [0.4, 0.5) is 10.8 Å². The summed E-state index contributed by atoms with van der Waals surface area (Å²) in [4.78, 5) is 40.3. The first kappa shape index (κ1) is 28.5.